The molecule has 33 heavy (non-hydrogen) atoms. The van der Waals surface area contributed by atoms with Gasteiger partial charge in [0.2, 0.25) is 0 Å². The highest BCUT2D eigenvalue weighted by molar-refractivity contribution is 7.92. The van der Waals surface area contributed by atoms with Crippen LogP contribution in [0.15, 0.2) is 53.4 Å². The molecule has 10 heteroatoms. The van der Waals surface area contributed by atoms with Crippen molar-refractivity contribution in [2.24, 2.45) is 0 Å². The van der Waals surface area contributed by atoms with Gasteiger partial charge in [-0.1, -0.05) is 29.8 Å². The zero-order valence-electron chi connectivity index (χ0n) is 17.7. The molecule has 0 bridgehead atoms. The Balaban J connectivity index is 1.63. The molecule has 1 aliphatic rings. The van der Waals surface area contributed by atoms with E-state index in [2.05, 4.69) is 10.0 Å². The predicted octanol–water partition coefficient (Wildman–Crippen LogP) is 5.12. The molecule has 0 aliphatic heterocycles. The minimum atomic E-state index is -4.03. The first-order valence-corrected chi connectivity index (χ1v) is 13.0. The number of nitrogens with one attached hydrogen (secondary N) is 2. The fourth-order valence-corrected chi connectivity index (χ4v) is 6.51. The number of thiophene rings is 1. The van der Waals surface area contributed by atoms with E-state index in [1.165, 1.54) is 29.5 Å². The molecule has 0 spiro atoms. The van der Waals surface area contributed by atoms with E-state index in [-0.39, 0.29) is 22.1 Å². The summed E-state index contributed by atoms with van der Waals surface area (Å²) in [5, 5.41) is 3.15. The van der Waals surface area contributed by atoms with Crippen LogP contribution in [-0.2, 0) is 27.6 Å². The van der Waals surface area contributed by atoms with E-state index in [1.54, 1.807) is 37.3 Å². The fraction of sp³-hybridized carbons (Fsp3) is 0.217. The summed E-state index contributed by atoms with van der Waals surface area (Å²) in [6.07, 6.45) is 2.55. The molecule has 172 valence electrons. The number of carbonyl (C=O) groups excluding carboxylic acids is 2. The molecule has 4 rings (SSSR count). The average molecular weight is 505 g/mol. The number of sulfonamides is 1. The van der Waals surface area contributed by atoms with Gasteiger partial charge in [0, 0.05) is 16.1 Å². The molecule has 1 amide bonds. The number of halogens is 1. The maximum Gasteiger partial charge on any atom is 0.341 e. The van der Waals surface area contributed by atoms with Crippen LogP contribution in [0, 0.1) is 0 Å². The Morgan fingerprint density at radius 2 is 1.88 bits per heavy atom. The van der Waals surface area contributed by atoms with Crippen LogP contribution in [-0.4, -0.2) is 26.9 Å². The van der Waals surface area contributed by atoms with Crippen molar-refractivity contribution in [2.45, 2.75) is 31.1 Å². The monoisotopic (exact) mass is 504 g/mol. The third-order valence-electron chi connectivity index (χ3n) is 5.14. The number of hydrogen-bond donors (Lipinski definition) is 2. The summed E-state index contributed by atoms with van der Waals surface area (Å²) in [7, 11) is -4.03. The molecule has 0 saturated carbocycles. The molecule has 1 aliphatic carbocycles. The minimum absolute atomic E-state index is 0.0164. The Labute approximate surface area is 200 Å². The first-order chi connectivity index (χ1) is 15.8. The van der Waals surface area contributed by atoms with Crippen molar-refractivity contribution in [3.05, 3.63) is 75.1 Å². The fourth-order valence-electron chi connectivity index (χ4n) is 3.65. The quantitative estimate of drug-likeness (QED) is 0.435. The number of hydrogen-bond acceptors (Lipinski definition) is 6. The molecule has 2 aromatic carbocycles. The molecule has 3 aromatic rings. The second-order valence-electron chi connectivity index (χ2n) is 7.35. The lowest BCUT2D eigenvalue weighted by molar-refractivity contribution is 0.0527. The lowest BCUT2D eigenvalue weighted by Gasteiger charge is -2.12. The average Bonchev–Trinajstić information content (AvgIpc) is 3.35. The summed E-state index contributed by atoms with van der Waals surface area (Å²) in [5.74, 6) is -1.02. The standard InChI is InChI=1S/C23H21ClN2O5S2/c1-2-31-23(28)20-16-9-6-10-18(16)32-22(20)25-21(27)14-11-12-17(24)19(13-14)33(29,30)26-15-7-4-3-5-8-15/h3-5,7-8,11-13,26H,2,6,9-10H2,1H3,(H,25,27). The van der Waals surface area contributed by atoms with Crippen molar-refractivity contribution in [3.8, 4) is 0 Å². The normalized spacial score (nSPS) is 12.8. The van der Waals surface area contributed by atoms with Crippen molar-refractivity contribution < 1.29 is 22.7 Å². The highest BCUT2D eigenvalue weighted by atomic mass is 35.5. The summed E-state index contributed by atoms with van der Waals surface area (Å²) in [6.45, 7) is 1.95. The first kappa shape index (κ1) is 23.3. The van der Waals surface area contributed by atoms with E-state index in [0.717, 1.165) is 29.7 Å². The number of carbonyl (C=O) groups is 2. The van der Waals surface area contributed by atoms with Gasteiger partial charge in [0.15, 0.2) is 0 Å². The number of para-hydroxylation sites is 1. The third-order valence-corrected chi connectivity index (χ3v) is 8.21. The van der Waals surface area contributed by atoms with E-state index in [9.17, 15) is 18.0 Å². The maximum absolute atomic E-state index is 13.0. The molecular formula is C23H21ClN2O5S2. The molecular weight excluding hydrogens is 484 g/mol. The Hall–Kier alpha value is -2.88. The molecule has 0 fully saturated rings. The number of amides is 1. The number of esters is 1. The highest BCUT2D eigenvalue weighted by Gasteiger charge is 2.29. The van der Waals surface area contributed by atoms with Crippen LogP contribution in [0.4, 0.5) is 10.7 Å². The molecule has 2 N–H and O–H groups in total. The third kappa shape index (κ3) is 4.90. The van der Waals surface area contributed by atoms with Crippen LogP contribution in [0.1, 0.15) is 44.5 Å². The largest absolute Gasteiger partial charge is 0.462 e. The smallest absolute Gasteiger partial charge is 0.341 e. The summed E-state index contributed by atoms with van der Waals surface area (Å²) >= 11 is 7.50. The molecule has 1 heterocycles. The van der Waals surface area contributed by atoms with Crippen molar-refractivity contribution in [1.29, 1.82) is 0 Å². The number of anilines is 2. The van der Waals surface area contributed by atoms with Crippen LogP contribution in [0.25, 0.3) is 0 Å². The Morgan fingerprint density at radius 3 is 2.61 bits per heavy atom. The van der Waals surface area contributed by atoms with Gasteiger partial charge in [-0.25, -0.2) is 13.2 Å². The van der Waals surface area contributed by atoms with Gasteiger partial charge in [-0.05, 0) is 62.1 Å². The van der Waals surface area contributed by atoms with Crippen molar-refractivity contribution >= 4 is 55.5 Å². The van der Waals surface area contributed by atoms with Crippen molar-refractivity contribution in [2.75, 3.05) is 16.6 Å². The summed E-state index contributed by atoms with van der Waals surface area (Å²) in [5.41, 5.74) is 1.77. The van der Waals surface area contributed by atoms with E-state index in [1.807, 2.05) is 0 Å². The minimum Gasteiger partial charge on any atom is -0.462 e. The van der Waals surface area contributed by atoms with Gasteiger partial charge >= 0.3 is 5.97 Å². The highest BCUT2D eigenvalue weighted by Crippen LogP contribution is 2.40. The van der Waals surface area contributed by atoms with Gasteiger partial charge in [0.25, 0.3) is 15.9 Å². The van der Waals surface area contributed by atoms with Crippen LogP contribution in [0.2, 0.25) is 5.02 Å². The van der Waals surface area contributed by atoms with Gasteiger partial charge in [0.1, 0.15) is 9.90 Å². The Bertz CT molecular complexity index is 1320. The molecule has 0 radical (unpaired) electrons. The van der Waals surface area contributed by atoms with Crippen LogP contribution in [0.3, 0.4) is 0 Å². The number of aryl methyl sites for hydroxylation is 1. The molecule has 7 nitrogen and oxygen atoms in total. The molecule has 0 unspecified atom stereocenters. The predicted molar refractivity (Wildman–Crippen MR) is 129 cm³/mol. The lowest BCUT2D eigenvalue weighted by atomic mass is 10.1. The molecule has 1 aromatic heterocycles. The summed E-state index contributed by atoms with van der Waals surface area (Å²) in [4.78, 5) is 26.4. The number of rotatable bonds is 7. The van der Waals surface area contributed by atoms with Gasteiger partial charge in [-0.15, -0.1) is 11.3 Å². The summed E-state index contributed by atoms with van der Waals surface area (Å²) in [6, 6.07) is 12.4. The number of ether oxygens (including phenoxy) is 1. The number of fused-ring (bicyclic) bond motifs is 1. The van der Waals surface area contributed by atoms with Gasteiger partial charge in [-0.2, -0.15) is 0 Å². The van der Waals surface area contributed by atoms with Gasteiger partial charge < -0.3 is 10.1 Å². The second kappa shape index (κ2) is 9.54. The second-order valence-corrected chi connectivity index (χ2v) is 10.5. The lowest BCUT2D eigenvalue weighted by Crippen LogP contribution is -2.17. The van der Waals surface area contributed by atoms with E-state index in [0.29, 0.717) is 16.3 Å². The maximum atomic E-state index is 13.0. The van der Waals surface area contributed by atoms with E-state index < -0.39 is 21.9 Å². The first-order valence-electron chi connectivity index (χ1n) is 10.3. The summed E-state index contributed by atoms with van der Waals surface area (Å²) < 4.78 is 33.4. The van der Waals surface area contributed by atoms with Crippen LogP contribution < -0.4 is 10.0 Å². The SMILES string of the molecule is CCOC(=O)c1c(NC(=O)c2ccc(Cl)c(S(=O)(=O)Nc3ccccc3)c2)sc2c1CCC2. The van der Waals surface area contributed by atoms with Crippen LogP contribution >= 0.6 is 22.9 Å². The van der Waals surface area contributed by atoms with Gasteiger partial charge in [0.05, 0.1) is 17.2 Å². The number of benzene rings is 2. The zero-order chi connectivity index (χ0) is 23.6. The van der Waals surface area contributed by atoms with Gasteiger partial charge in [-0.3, -0.25) is 9.52 Å². The Kier molecular flexibility index (Phi) is 6.73. The molecule has 0 atom stereocenters. The topological polar surface area (TPSA) is 102 Å². The molecule has 0 saturated heterocycles. The zero-order valence-corrected chi connectivity index (χ0v) is 20.1. The Morgan fingerprint density at radius 1 is 1.12 bits per heavy atom. The van der Waals surface area contributed by atoms with Crippen molar-refractivity contribution in [1.82, 2.24) is 0 Å². The van der Waals surface area contributed by atoms with E-state index >= 15 is 0 Å². The van der Waals surface area contributed by atoms with Crippen LogP contribution in [0.5, 0.6) is 0 Å². The van der Waals surface area contributed by atoms with E-state index in [4.69, 9.17) is 16.3 Å². The van der Waals surface area contributed by atoms with Crippen molar-refractivity contribution in [3.63, 3.8) is 0 Å².